The lowest BCUT2D eigenvalue weighted by Crippen LogP contribution is -2.11. The van der Waals surface area contributed by atoms with Crippen LogP contribution in [-0.4, -0.2) is 9.97 Å². The van der Waals surface area contributed by atoms with Crippen LogP contribution in [0.3, 0.4) is 0 Å². The maximum atomic E-state index is 4.71. The zero-order chi connectivity index (χ0) is 22.0. The molecule has 0 fully saturated rings. The molecule has 0 N–H and O–H groups in total. The molecule has 2 heterocycles. The number of aromatic nitrogens is 2. The molecule has 0 aliphatic heterocycles. The minimum Gasteiger partial charge on any atom is -0.310 e. The van der Waals surface area contributed by atoms with E-state index in [1.165, 1.54) is 0 Å². The molecule has 0 aliphatic rings. The van der Waals surface area contributed by atoms with Gasteiger partial charge in [0.2, 0.25) is 0 Å². The predicted octanol–water partition coefficient (Wildman–Crippen LogP) is 7.92. The van der Waals surface area contributed by atoms with Crippen molar-refractivity contribution in [2.75, 3.05) is 4.90 Å². The van der Waals surface area contributed by atoms with Gasteiger partial charge in [0.15, 0.2) is 0 Å². The number of para-hydroxylation sites is 3. The standard InChI is InChI=1S/C30H21N3/c1-3-12-23(13-4-1)33(24-14-5-2-6-15-24)28-18-8-7-16-25(28)27-21-22-11-9-19-31-29(22)30-26(27)17-10-20-32-30/h1-21H. The number of hydrogen-bond acceptors (Lipinski definition) is 3. The number of fused-ring (bicyclic) bond motifs is 3. The molecule has 0 unspecified atom stereocenters. The first kappa shape index (κ1) is 19.2. The van der Waals surface area contributed by atoms with Crippen LogP contribution < -0.4 is 4.90 Å². The van der Waals surface area contributed by atoms with E-state index in [9.17, 15) is 0 Å². The predicted molar refractivity (Wildman–Crippen MR) is 137 cm³/mol. The van der Waals surface area contributed by atoms with E-state index in [1.807, 2.05) is 36.7 Å². The molecule has 33 heavy (non-hydrogen) atoms. The zero-order valence-electron chi connectivity index (χ0n) is 18.0. The van der Waals surface area contributed by atoms with Crippen molar-refractivity contribution < 1.29 is 0 Å². The molecule has 3 heteroatoms. The fourth-order valence-electron chi connectivity index (χ4n) is 4.48. The molecule has 6 aromatic rings. The monoisotopic (exact) mass is 423 g/mol. The highest BCUT2D eigenvalue weighted by atomic mass is 15.1. The molecule has 0 spiro atoms. The Labute approximate surface area is 192 Å². The van der Waals surface area contributed by atoms with E-state index >= 15 is 0 Å². The summed E-state index contributed by atoms with van der Waals surface area (Å²) in [4.78, 5) is 11.6. The van der Waals surface area contributed by atoms with Crippen LogP contribution in [0.4, 0.5) is 17.1 Å². The van der Waals surface area contributed by atoms with Crippen molar-refractivity contribution >= 4 is 38.9 Å². The molecule has 0 amide bonds. The Morgan fingerprint density at radius 2 is 1.09 bits per heavy atom. The van der Waals surface area contributed by atoms with Crippen LogP contribution in [0.1, 0.15) is 0 Å². The quantitative estimate of drug-likeness (QED) is 0.270. The third-order valence-electron chi connectivity index (χ3n) is 5.92. The molecule has 6 rings (SSSR count). The molecule has 0 saturated heterocycles. The Kier molecular flexibility index (Phi) is 4.78. The molecule has 3 nitrogen and oxygen atoms in total. The van der Waals surface area contributed by atoms with Crippen LogP contribution in [0, 0.1) is 0 Å². The second kappa shape index (κ2) is 8.21. The van der Waals surface area contributed by atoms with Crippen LogP contribution in [-0.2, 0) is 0 Å². The van der Waals surface area contributed by atoms with Crippen LogP contribution in [0.5, 0.6) is 0 Å². The van der Waals surface area contributed by atoms with E-state index in [0.29, 0.717) is 0 Å². The molecule has 0 aliphatic carbocycles. The second-order valence-corrected chi connectivity index (χ2v) is 7.92. The topological polar surface area (TPSA) is 29.0 Å². The Balaban J connectivity index is 1.66. The van der Waals surface area contributed by atoms with Gasteiger partial charge in [-0.3, -0.25) is 9.97 Å². The minimum atomic E-state index is 0.923. The molecule has 2 aromatic heterocycles. The van der Waals surface area contributed by atoms with Gasteiger partial charge in [-0.05, 0) is 54.1 Å². The van der Waals surface area contributed by atoms with Crippen LogP contribution in [0.2, 0.25) is 0 Å². The molecule has 4 aromatic carbocycles. The zero-order valence-corrected chi connectivity index (χ0v) is 18.0. The summed E-state index contributed by atoms with van der Waals surface area (Å²) in [7, 11) is 0. The maximum absolute atomic E-state index is 4.71. The number of anilines is 3. The number of benzene rings is 4. The van der Waals surface area contributed by atoms with Crippen molar-refractivity contribution in [2.24, 2.45) is 0 Å². The van der Waals surface area contributed by atoms with E-state index in [2.05, 4.69) is 101 Å². The lowest BCUT2D eigenvalue weighted by molar-refractivity contribution is 1.28. The summed E-state index contributed by atoms with van der Waals surface area (Å²) >= 11 is 0. The number of nitrogens with zero attached hydrogens (tertiary/aromatic N) is 3. The molecule has 0 atom stereocenters. The number of pyridine rings is 2. The molecule has 0 radical (unpaired) electrons. The van der Waals surface area contributed by atoms with Gasteiger partial charge in [0.05, 0.1) is 16.7 Å². The van der Waals surface area contributed by atoms with E-state index in [1.54, 1.807) is 0 Å². The summed E-state index contributed by atoms with van der Waals surface area (Å²) in [5.41, 5.74) is 7.48. The smallest absolute Gasteiger partial charge is 0.0970 e. The van der Waals surface area contributed by atoms with E-state index in [4.69, 9.17) is 4.98 Å². The SMILES string of the molecule is c1ccc(N(c2ccccc2)c2ccccc2-c2cc3cccnc3c3ncccc23)cc1. The highest BCUT2D eigenvalue weighted by molar-refractivity contribution is 6.11. The Bertz CT molecular complexity index is 1520. The third-order valence-corrected chi connectivity index (χ3v) is 5.92. The van der Waals surface area contributed by atoms with Gasteiger partial charge in [0, 0.05) is 40.1 Å². The normalized spacial score (nSPS) is 11.0. The van der Waals surface area contributed by atoms with Gasteiger partial charge in [-0.1, -0.05) is 66.7 Å². The van der Waals surface area contributed by atoms with Crippen LogP contribution in [0.25, 0.3) is 32.9 Å². The lowest BCUT2D eigenvalue weighted by atomic mass is 9.95. The van der Waals surface area contributed by atoms with Crippen molar-refractivity contribution in [3.05, 3.63) is 128 Å². The van der Waals surface area contributed by atoms with Gasteiger partial charge in [-0.15, -0.1) is 0 Å². The third kappa shape index (κ3) is 3.40. The first-order chi connectivity index (χ1) is 16.4. The number of hydrogen-bond donors (Lipinski definition) is 0. The molecule has 0 bridgehead atoms. The van der Waals surface area contributed by atoms with Crippen molar-refractivity contribution in [3.63, 3.8) is 0 Å². The highest BCUT2D eigenvalue weighted by Gasteiger charge is 2.19. The van der Waals surface area contributed by atoms with Crippen LogP contribution in [0.15, 0.2) is 128 Å². The first-order valence-electron chi connectivity index (χ1n) is 11.0. The van der Waals surface area contributed by atoms with Gasteiger partial charge < -0.3 is 4.90 Å². The van der Waals surface area contributed by atoms with Gasteiger partial charge in [0.25, 0.3) is 0 Å². The lowest BCUT2D eigenvalue weighted by Gasteiger charge is -2.28. The summed E-state index contributed by atoms with van der Waals surface area (Å²) in [5.74, 6) is 0. The fraction of sp³-hybridized carbons (Fsp3) is 0. The fourth-order valence-corrected chi connectivity index (χ4v) is 4.48. The van der Waals surface area contributed by atoms with Crippen molar-refractivity contribution in [3.8, 4) is 11.1 Å². The maximum Gasteiger partial charge on any atom is 0.0970 e. The number of rotatable bonds is 4. The van der Waals surface area contributed by atoms with Crippen LogP contribution >= 0.6 is 0 Å². The Morgan fingerprint density at radius 1 is 0.485 bits per heavy atom. The molecule has 156 valence electrons. The van der Waals surface area contributed by atoms with E-state index < -0.39 is 0 Å². The molecular weight excluding hydrogens is 402 g/mol. The Hall–Kier alpha value is -4.50. The molecule has 0 saturated carbocycles. The van der Waals surface area contributed by atoms with Gasteiger partial charge in [-0.2, -0.15) is 0 Å². The van der Waals surface area contributed by atoms with Crippen molar-refractivity contribution in [1.82, 2.24) is 9.97 Å². The summed E-state index contributed by atoms with van der Waals surface area (Å²) in [6.45, 7) is 0. The second-order valence-electron chi connectivity index (χ2n) is 7.92. The average molecular weight is 424 g/mol. The van der Waals surface area contributed by atoms with Gasteiger partial charge in [-0.25, -0.2) is 0 Å². The van der Waals surface area contributed by atoms with Crippen molar-refractivity contribution in [1.29, 1.82) is 0 Å². The summed E-state index contributed by atoms with van der Waals surface area (Å²) < 4.78 is 0. The minimum absolute atomic E-state index is 0.923. The van der Waals surface area contributed by atoms with Gasteiger partial charge in [0.1, 0.15) is 0 Å². The van der Waals surface area contributed by atoms with Gasteiger partial charge >= 0.3 is 0 Å². The summed E-state index contributed by atoms with van der Waals surface area (Å²) in [6.07, 6.45) is 3.67. The first-order valence-corrected chi connectivity index (χ1v) is 11.0. The highest BCUT2D eigenvalue weighted by Crippen LogP contribution is 2.43. The summed E-state index contributed by atoms with van der Waals surface area (Å²) in [5, 5.41) is 2.18. The van der Waals surface area contributed by atoms with Crippen molar-refractivity contribution in [2.45, 2.75) is 0 Å². The van der Waals surface area contributed by atoms with E-state index in [0.717, 1.165) is 50.0 Å². The van der Waals surface area contributed by atoms with E-state index in [-0.39, 0.29) is 0 Å². The molecular formula is C30H21N3. The average Bonchev–Trinajstić information content (AvgIpc) is 2.90. The summed E-state index contributed by atoms with van der Waals surface area (Å²) in [6, 6.07) is 40.0. The largest absolute Gasteiger partial charge is 0.310 e. The Morgan fingerprint density at radius 3 is 1.82 bits per heavy atom.